The minimum absolute atomic E-state index is 0.00419. The number of amides is 1. The number of rotatable bonds is 9. The molecule has 1 aromatic rings. The number of nitrogens with one attached hydrogen (secondary N) is 2. The lowest BCUT2D eigenvalue weighted by Gasteiger charge is -2.32. The molecule has 0 spiro atoms. The van der Waals surface area contributed by atoms with Crippen LogP contribution in [0.4, 0.5) is 0 Å². The van der Waals surface area contributed by atoms with Gasteiger partial charge in [0.05, 0.1) is 4.90 Å². The van der Waals surface area contributed by atoms with Gasteiger partial charge in [-0.05, 0) is 64.9 Å². The summed E-state index contributed by atoms with van der Waals surface area (Å²) >= 11 is 0. The van der Waals surface area contributed by atoms with Crippen LogP contribution >= 0.6 is 0 Å². The molecule has 7 heteroatoms. The molecule has 1 fully saturated rings. The number of hydrogen-bond donors (Lipinski definition) is 2. The third-order valence-corrected chi connectivity index (χ3v) is 7.02. The highest BCUT2D eigenvalue weighted by molar-refractivity contribution is 7.89. The molecular formula is C20H33N3O3S. The summed E-state index contributed by atoms with van der Waals surface area (Å²) in [7, 11) is 0.520. The maximum Gasteiger partial charge on any atom is 0.240 e. The first kappa shape index (κ1) is 21.9. The molecule has 0 saturated heterocycles. The van der Waals surface area contributed by atoms with Crippen LogP contribution in [0.15, 0.2) is 29.2 Å². The monoisotopic (exact) mass is 395 g/mol. The van der Waals surface area contributed by atoms with Crippen LogP contribution in [0.3, 0.4) is 0 Å². The summed E-state index contributed by atoms with van der Waals surface area (Å²) in [5.41, 5.74) is 0.856. The first-order valence-corrected chi connectivity index (χ1v) is 11.1. The molecule has 1 aromatic carbocycles. The molecule has 0 heterocycles. The molecule has 0 aliphatic heterocycles. The Kier molecular flexibility index (Phi) is 7.42. The van der Waals surface area contributed by atoms with E-state index in [1.54, 1.807) is 24.3 Å². The van der Waals surface area contributed by atoms with E-state index in [1.807, 2.05) is 14.1 Å². The average molecular weight is 396 g/mol. The zero-order valence-corrected chi connectivity index (χ0v) is 17.7. The lowest BCUT2D eigenvalue weighted by molar-refractivity contribution is -0.121. The number of likely N-dealkylation sites (N-methyl/N-ethyl adjacent to an activating group) is 1. The van der Waals surface area contributed by atoms with Crippen LogP contribution in [0, 0.1) is 0 Å². The van der Waals surface area contributed by atoms with Crippen molar-refractivity contribution >= 4 is 15.9 Å². The summed E-state index contributed by atoms with van der Waals surface area (Å²) in [5, 5.41) is 2.96. The van der Waals surface area contributed by atoms with Gasteiger partial charge in [0.15, 0.2) is 0 Å². The number of benzene rings is 1. The summed E-state index contributed by atoms with van der Waals surface area (Å²) in [4.78, 5) is 14.4. The van der Waals surface area contributed by atoms with Gasteiger partial charge in [-0.1, -0.05) is 25.0 Å². The molecule has 0 radical (unpaired) electrons. The van der Waals surface area contributed by atoms with Gasteiger partial charge in [-0.15, -0.1) is 0 Å². The average Bonchev–Trinajstić information content (AvgIpc) is 3.10. The van der Waals surface area contributed by atoms with Gasteiger partial charge in [0, 0.05) is 24.5 Å². The quantitative estimate of drug-likeness (QED) is 0.672. The van der Waals surface area contributed by atoms with Gasteiger partial charge in [-0.3, -0.25) is 4.79 Å². The van der Waals surface area contributed by atoms with Gasteiger partial charge < -0.3 is 10.2 Å². The van der Waals surface area contributed by atoms with Gasteiger partial charge in [0.1, 0.15) is 0 Å². The molecule has 152 valence electrons. The number of nitrogens with zero attached hydrogens (tertiary/aromatic N) is 1. The summed E-state index contributed by atoms with van der Waals surface area (Å²) in [6, 6.07) is 6.89. The Morgan fingerprint density at radius 3 is 2.30 bits per heavy atom. The molecular weight excluding hydrogens is 362 g/mol. The maximum absolute atomic E-state index is 12.4. The van der Waals surface area contributed by atoms with Gasteiger partial charge in [0.25, 0.3) is 0 Å². The molecule has 2 N–H and O–H groups in total. The second-order valence-corrected chi connectivity index (χ2v) is 9.94. The lowest BCUT2D eigenvalue weighted by atomic mass is 10.0. The van der Waals surface area contributed by atoms with Crippen molar-refractivity contribution in [1.82, 2.24) is 14.9 Å². The van der Waals surface area contributed by atoms with E-state index in [4.69, 9.17) is 0 Å². The molecule has 1 amide bonds. The zero-order valence-electron chi connectivity index (χ0n) is 16.9. The Balaban J connectivity index is 1.83. The van der Waals surface area contributed by atoms with Crippen molar-refractivity contribution in [3.8, 4) is 0 Å². The first-order chi connectivity index (χ1) is 12.6. The molecule has 1 aliphatic carbocycles. The van der Waals surface area contributed by atoms with E-state index in [-0.39, 0.29) is 22.4 Å². The van der Waals surface area contributed by atoms with E-state index in [9.17, 15) is 13.2 Å². The fourth-order valence-electron chi connectivity index (χ4n) is 2.99. The Morgan fingerprint density at radius 1 is 1.15 bits per heavy atom. The first-order valence-electron chi connectivity index (χ1n) is 9.65. The molecule has 6 nitrogen and oxygen atoms in total. The Labute approximate surface area is 163 Å². The third-order valence-electron chi connectivity index (χ3n) is 5.48. The SMILES string of the molecule is CN(C)C(C)(C)CNC(=O)CCc1ccc(S(=O)(=O)NC2CCCC2)cc1. The van der Waals surface area contributed by atoms with Crippen molar-refractivity contribution in [3.05, 3.63) is 29.8 Å². The van der Waals surface area contributed by atoms with Gasteiger partial charge in [-0.25, -0.2) is 13.1 Å². The zero-order chi connectivity index (χ0) is 20.1. The molecule has 0 atom stereocenters. The van der Waals surface area contributed by atoms with Gasteiger partial charge >= 0.3 is 0 Å². The van der Waals surface area contributed by atoms with Crippen LogP contribution in [0.5, 0.6) is 0 Å². The smallest absolute Gasteiger partial charge is 0.240 e. The fourth-order valence-corrected chi connectivity index (χ4v) is 4.29. The molecule has 0 aromatic heterocycles. The van der Waals surface area contributed by atoms with Crippen molar-refractivity contribution < 1.29 is 13.2 Å². The summed E-state index contributed by atoms with van der Waals surface area (Å²) < 4.78 is 27.6. The number of carbonyl (C=O) groups excluding carboxylic acids is 1. The second kappa shape index (κ2) is 9.17. The number of hydrogen-bond acceptors (Lipinski definition) is 4. The van der Waals surface area contributed by atoms with Gasteiger partial charge in [0.2, 0.25) is 15.9 Å². The van der Waals surface area contributed by atoms with E-state index < -0.39 is 10.0 Å². The molecule has 2 rings (SSSR count). The molecule has 1 aliphatic rings. The highest BCUT2D eigenvalue weighted by Crippen LogP contribution is 2.20. The van der Waals surface area contributed by atoms with Crippen molar-refractivity contribution in [2.24, 2.45) is 0 Å². The molecule has 0 bridgehead atoms. The van der Waals surface area contributed by atoms with E-state index in [0.29, 0.717) is 19.4 Å². The van der Waals surface area contributed by atoms with E-state index >= 15 is 0 Å². The maximum atomic E-state index is 12.4. The Hall–Kier alpha value is -1.44. The van der Waals surface area contributed by atoms with Crippen molar-refractivity contribution in [1.29, 1.82) is 0 Å². The third kappa shape index (κ3) is 6.59. The summed E-state index contributed by atoms with van der Waals surface area (Å²) in [5.74, 6) is 0.00419. The highest BCUT2D eigenvalue weighted by Gasteiger charge is 2.23. The summed E-state index contributed by atoms with van der Waals surface area (Å²) in [6.07, 6.45) is 4.97. The van der Waals surface area contributed by atoms with Crippen LogP contribution in [-0.2, 0) is 21.2 Å². The Morgan fingerprint density at radius 2 is 1.74 bits per heavy atom. The largest absolute Gasteiger partial charge is 0.354 e. The van der Waals surface area contributed by atoms with E-state index in [0.717, 1.165) is 31.2 Å². The molecule has 1 saturated carbocycles. The second-order valence-electron chi connectivity index (χ2n) is 8.23. The van der Waals surface area contributed by atoms with Crippen molar-refractivity contribution in [2.75, 3.05) is 20.6 Å². The minimum atomic E-state index is -3.46. The number of sulfonamides is 1. The predicted octanol–water partition coefficient (Wildman–Crippen LogP) is 2.30. The fraction of sp³-hybridized carbons (Fsp3) is 0.650. The lowest BCUT2D eigenvalue weighted by Crippen LogP contribution is -2.48. The number of aryl methyl sites for hydroxylation is 1. The number of carbonyl (C=O) groups is 1. The molecule has 0 unspecified atom stereocenters. The van der Waals surface area contributed by atoms with Gasteiger partial charge in [-0.2, -0.15) is 0 Å². The predicted molar refractivity (Wildman–Crippen MR) is 108 cm³/mol. The van der Waals surface area contributed by atoms with E-state index in [2.05, 4.69) is 28.8 Å². The van der Waals surface area contributed by atoms with Crippen molar-refractivity contribution in [3.63, 3.8) is 0 Å². The van der Waals surface area contributed by atoms with Crippen LogP contribution in [-0.4, -0.2) is 51.4 Å². The normalized spacial score (nSPS) is 16.0. The van der Waals surface area contributed by atoms with Crippen LogP contribution < -0.4 is 10.0 Å². The topological polar surface area (TPSA) is 78.5 Å². The Bertz CT molecular complexity index is 721. The van der Waals surface area contributed by atoms with Crippen LogP contribution in [0.2, 0.25) is 0 Å². The minimum Gasteiger partial charge on any atom is -0.354 e. The van der Waals surface area contributed by atoms with Crippen molar-refractivity contribution in [2.45, 2.75) is 68.8 Å². The summed E-state index contributed by atoms with van der Waals surface area (Å²) in [6.45, 7) is 4.74. The van der Waals surface area contributed by atoms with Crippen LogP contribution in [0.1, 0.15) is 51.5 Å². The van der Waals surface area contributed by atoms with Crippen LogP contribution in [0.25, 0.3) is 0 Å². The van der Waals surface area contributed by atoms with E-state index in [1.165, 1.54) is 0 Å². The standard InChI is InChI=1S/C20H33N3O3S/c1-20(2,23(3)4)15-21-19(24)14-11-16-9-12-18(13-10-16)27(25,26)22-17-7-5-6-8-17/h9-10,12-13,17,22H,5-8,11,14-15H2,1-4H3,(H,21,24). The molecule has 27 heavy (non-hydrogen) atoms. The highest BCUT2D eigenvalue weighted by atomic mass is 32.2.